The summed E-state index contributed by atoms with van der Waals surface area (Å²) in [4.78, 5) is 6.92. The van der Waals surface area contributed by atoms with Crippen LogP contribution in [0.3, 0.4) is 0 Å². The Morgan fingerprint density at radius 1 is 1.12 bits per heavy atom. The third-order valence-corrected chi connectivity index (χ3v) is 5.47. The van der Waals surface area contributed by atoms with Crippen molar-refractivity contribution in [2.75, 3.05) is 23.4 Å². The lowest BCUT2D eigenvalue weighted by Crippen LogP contribution is -2.17. The molecule has 2 aromatic carbocycles. The molecule has 0 spiro atoms. The molecule has 1 aliphatic rings. The first kappa shape index (κ1) is 17.1. The summed E-state index contributed by atoms with van der Waals surface area (Å²) in [5.74, 6) is 0. The lowest BCUT2D eigenvalue weighted by molar-refractivity contribution is 0.949. The van der Waals surface area contributed by atoms with E-state index in [1.807, 2.05) is 47.8 Å². The van der Waals surface area contributed by atoms with E-state index >= 15 is 0 Å². The fourth-order valence-corrected chi connectivity index (χ4v) is 3.91. The molecule has 1 N–H and O–H groups in total. The van der Waals surface area contributed by atoms with Crippen molar-refractivity contribution in [1.29, 1.82) is 0 Å². The number of rotatable bonds is 5. The maximum atomic E-state index is 6.42. The number of hydrogen-bond acceptors (Lipinski definition) is 5. The van der Waals surface area contributed by atoms with Gasteiger partial charge in [-0.2, -0.15) is 5.10 Å². The topological polar surface area (TPSA) is 40.5 Å². The molecule has 1 aliphatic heterocycles. The second-order valence-corrected chi connectivity index (χ2v) is 7.44. The lowest BCUT2D eigenvalue weighted by atomic mass is 10.2. The van der Waals surface area contributed by atoms with E-state index in [-0.39, 0.29) is 0 Å². The molecule has 0 radical (unpaired) electrons. The lowest BCUT2D eigenvalue weighted by Gasteiger charge is -2.18. The van der Waals surface area contributed by atoms with Gasteiger partial charge in [0.05, 0.1) is 16.9 Å². The highest BCUT2D eigenvalue weighted by Gasteiger charge is 2.13. The number of nitrogens with zero attached hydrogens (tertiary/aromatic N) is 3. The van der Waals surface area contributed by atoms with Gasteiger partial charge in [-0.05, 0) is 31.0 Å². The van der Waals surface area contributed by atoms with Gasteiger partial charge in [-0.15, -0.1) is 11.3 Å². The number of thiazole rings is 1. The van der Waals surface area contributed by atoms with Crippen molar-refractivity contribution in [3.63, 3.8) is 0 Å². The second-order valence-electron chi connectivity index (χ2n) is 6.17. The largest absolute Gasteiger partial charge is 0.371 e. The smallest absolute Gasteiger partial charge is 0.203 e. The van der Waals surface area contributed by atoms with Crippen LogP contribution < -0.4 is 10.3 Å². The Labute approximate surface area is 162 Å². The molecule has 0 atom stereocenters. The minimum atomic E-state index is 0.712. The van der Waals surface area contributed by atoms with Gasteiger partial charge in [0.2, 0.25) is 5.13 Å². The number of hydrogen-bond donors (Lipinski definition) is 1. The van der Waals surface area contributed by atoms with Crippen LogP contribution >= 0.6 is 22.9 Å². The van der Waals surface area contributed by atoms with E-state index in [4.69, 9.17) is 11.6 Å². The average Bonchev–Trinajstić information content (AvgIpc) is 3.36. The first-order chi connectivity index (χ1) is 12.8. The molecule has 0 amide bonds. The summed E-state index contributed by atoms with van der Waals surface area (Å²) in [6, 6.07) is 16.2. The fraction of sp³-hybridized carbons (Fsp3) is 0.200. The predicted octanol–water partition coefficient (Wildman–Crippen LogP) is 5.51. The molecular formula is C20H19ClN4S. The van der Waals surface area contributed by atoms with E-state index in [9.17, 15) is 0 Å². The highest BCUT2D eigenvalue weighted by atomic mass is 35.5. The van der Waals surface area contributed by atoms with Crippen molar-refractivity contribution >= 4 is 40.0 Å². The van der Waals surface area contributed by atoms with Crippen molar-refractivity contribution in [3.05, 3.63) is 64.5 Å². The summed E-state index contributed by atoms with van der Waals surface area (Å²) in [5, 5.41) is 7.77. The fourth-order valence-electron chi connectivity index (χ4n) is 3.02. The third-order valence-electron chi connectivity index (χ3n) is 4.39. The Hall–Kier alpha value is -2.37. The number of hydrazone groups is 1. The normalized spacial score (nSPS) is 14.3. The zero-order valence-electron chi connectivity index (χ0n) is 14.2. The Morgan fingerprint density at radius 3 is 2.69 bits per heavy atom. The van der Waals surface area contributed by atoms with Gasteiger partial charge in [0.1, 0.15) is 0 Å². The number of aromatic nitrogens is 1. The van der Waals surface area contributed by atoms with E-state index in [0.29, 0.717) is 5.02 Å². The number of nitrogens with one attached hydrogen (secondary N) is 1. The zero-order valence-corrected chi connectivity index (χ0v) is 15.8. The van der Waals surface area contributed by atoms with Crippen molar-refractivity contribution < 1.29 is 0 Å². The molecule has 1 saturated heterocycles. The van der Waals surface area contributed by atoms with Gasteiger partial charge in [-0.3, -0.25) is 5.43 Å². The van der Waals surface area contributed by atoms with Gasteiger partial charge >= 0.3 is 0 Å². The second kappa shape index (κ2) is 7.89. The highest BCUT2D eigenvalue weighted by molar-refractivity contribution is 7.14. The Balaban J connectivity index is 1.41. The van der Waals surface area contributed by atoms with Crippen LogP contribution in [0.2, 0.25) is 5.02 Å². The van der Waals surface area contributed by atoms with Crippen LogP contribution in [-0.2, 0) is 0 Å². The van der Waals surface area contributed by atoms with Crippen molar-refractivity contribution in [2.24, 2.45) is 5.10 Å². The van der Waals surface area contributed by atoms with Crippen molar-refractivity contribution in [1.82, 2.24) is 4.98 Å². The van der Waals surface area contributed by atoms with Crippen LogP contribution in [0.25, 0.3) is 11.3 Å². The Morgan fingerprint density at radius 2 is 1.92 bits per heavy atom. The van der Waals surface area contributed by atoms with Gasteiger partial charge in [0, 0.05) is 35.3 Å². The number of anilines is 2. The number of halogens is 1. The summed E-state index contributed by atoms with van der Waals surface area (Å²) in [6.45, 7) is 2.22. The summed E-state index contributed by atoms with van der Waals surface area (Å²) in [7, 11) is 0. The van der Waals surface area contributed by atoms with E-state index < -0.39 is 0 Å². The summed E-state index contributed by atoms with van der Waals surface area (Å²) in [5.41, 5.74) is 7.11. The van der Waals surface area contributed by atoms with Crippen molar-refractivity contribution in [3.8, 4) is 11.3 Å². The van der Waals surface area contributed by atoms with Crippen LogP contribution in [0, 0.1) is 0 Å². The van der Waals surface area contributed by atoms with Gasteiger partial charge < -0.3 is 4.90 Å². The minimum absolute atomic E-state index is 0.712. The van der Waals surface area contributed by atoms with Crippen LogP contribution in [-0.4, -0.2) is 24.3 Å². The molecule has 0 saturated carbocycles. The molecule has 2 heterocycles. The molecule has 4 rings (SSSR count). The maximum Gasteiger partial charge on any atom is 0.203 e. The van der Waals surface area contributed by atoms with Crippen LogP contribution in [0.15, 0.2) is 59.0 Å². The summed E-state index contributed by atoms with van der Waals surface area (Å²) >= 11 is 7.94. The van der Waals surface area contributed by atoms with E-state index in [1.54, 1.807) is 6.21 Å². The Bertz CT molecular complexity index is 901. The molecule has 1 aromatic heterocycles. The molecule has 6 heteroatoms. The van der Waals surface area contributed by atoms with Gasteiger partial charge in [-0.1, -0.05) is 41.9 Å². The molecule has 132 valence electrons. The van der Waals surface area contributed by atoms with Gasteiger partial charge in [-0.25, -0.2) is 4.98 Å². The monoisotopic (exact) mass is 382 g/mol. The third kappa shape index (κ3) is 3.89. The van der Waals surface area contributed by atoms with Gasteiger partial charge in [0.15, 0.2) is 0 Å². The SMILES string of the molecule is Clc1cc(N2CCCC2)ccc1C=NNc1nc(-c2ccccc2)cs1. The first-order valence-corrected chi connectivity index (χ1v) is 9.90. The highest BCUT2D eigenvalue weighted by Crippen LogP contribution is 2.26. The van der Waals surface area contributed by atoms with E-state index in [2.05, 4.69) is 26.5 Å². The van der Waals surface area contributed by atoms with E-state index in [1.165, 1.54) is 29.9 Å². The number of benzene rings is 2. The quantitative estimate of drug-likeness (QED) is 0.467. The van der Waals surface area contributed by atoms with Crippen LogP contribution in [0.1, 0.15) is 18.4 Å². The molecule has 1 fully saturated rings. The van der Waals surface area contributed by atoms with Crippen LogP contribution in [0.4, 0.5) is 10.8 Å². The first-order valence-electron chi connectivity index (χ1n) is 8.64. The molecule has 0 aliphatic carbocycles. The van der Waals surface area contributed by atoms with Crippen molar-refractivity contribution in [2.45, 2.75) is 12.8 Å². The summed E-state index contributed by atoms with van der Waals surface area (Å²) < 4.78 is 0. The molecule has 4 nitrogen and oxygen atoms in total. The average molecular weight is 383 g/mol. The molecule has 26 heavy (non-hydrogen) atoms. The molecular weight excluding hydrogens is 364 g/mol. The van der Waals surface area contributed by atoms with Gasteiger partial charge in [0.25, 0.3) is 0 Å². The minimum Gasteiger partial charge on any atom is -0.371 e. The maximum absolute atomic E-state index is 6.42. The predicted molar refractivity (Wildman–Crippen MR) is 112 cm³/mol. The standard InChI is InChI=1S/C20H19ClN4S/c21-18-12-17(25-10-4-5-11-25)9-8-16(18)13-22-24-20-23-19(14-26-20)15-6-2-1-3-7-15/h1-3,6-9,12-14H,4-5,10-11H2,(H,23,24). The summed E-state index contributed by atoms with van der Waals surface area (Å²) in [6.07, 6.45) is 4.24. The zero-order chi connectivity index (χ0) is 17.8. The molecule has 0 unspecified atom stereocenters. The molecule has 3 aromatic rings. The van der Waals surface area contributed by atoms with E-state index in [0.717, 1.165) is 35.0 Å². The molecule has 0 bridgehead atoms. The van der Waals surface area contributed by atoms with Crippen LogP contribution in [0.5, 0.6) is 0 Å². The Kier molecular flexibility index (Phi) is 5.18.